The Labute approximate surface area is 135 Å². The third kappa shape index (κ3) is 4.66. The smallest absolute Gasteiger partial charge is 0.242 e. The van der Waals surface area contributed by atoms with Crippen LogP contribution < -0.4 is 20.9 Å². The summed E-state index contributed by atoms with van der Waals surface area (Å²) >= 11 is 0. The molecule has 1 atom stereocenters. The van der Waals surface area contributed by atoms with Crippen molar-refractivity contribution in [3.63, 3.8) is 0 Å². The van der Waals surface area contributed by atoms with Crippen molar-refractivity contribution in [1.29, 1.82) is 0 Å². The van der Waals surface area contributed by atoms with Gasteiger partial charge in [0.2, 0.25) is 5.91 Å². The van der Waals surface area contributed by atoms with Gasteiger partial charge >= 0.3 is 0 Å². The molecule has 6 nitrogen and oxygen atoms in total. The maximum Gasteiger partial charge on any atom is 0.242 e. The van der Waals surface area contributed by atoms with E-state index >= 15 is 0 Å². The summed E-state index contributed by atoms with van der Waals surface area (Å²) in [6, 6.07) is 4.32. The van der Waals surface area contributed by atoms with Gasteiger partial charge in [-0.15, -0.1) is 0 Å². The van der Waals surface area contributed by atoms with Crippen molar-refractivity contribution in [3.8, 4) is 0 Å². The molecule has 1 heterocycles. The average Bonchev–Trinajstić information content (AvgIpc) is 2.58. The number of likely N-dealkylation sites (N-methyl/N-ethyl adjacent to an activating group) is 1. The zero-order valence-corrected chi connectivity index (χ0v) is 13.3. The summed E-state index contributed by atoms with van der Waals surface area (Å²) in [5.41, 5.74) is 1.10. The van der Waals surface area contributed by atoms with Gasteiger partial charge in [0.15, 0.2) is 0 Å². The van der Waals surface area contributed by atoms with Gasteiger partial charge in [-0.3, -0.25) is 4.79 Å². The Morgan fingerprint density at radius 2 is 2.17 bits per heavy atom. The molecule has 1 aliphatic heterocycles. The highest BCUT2D eigenvalue weighted by atomic mass is 19.1. The molecule has 1 aliphatic rings. The average molecular weight is 322 g/mol. The van der Waals surface area contributed by atoms with Crippen molar-refractivity contribution in [2.24, 2.45) is 0 Å². The monoisotopic (exact) mass is 322 g/mol. The van der Waals surface area contributed by atoms with E-state index in [1.165, 1.54) is 13.1 Å². The minimum absolute atomic E-state index is 0.224. The fourth-order valence-electron chi connectivity index (χ4n) is 2.64. The fraction of sp³-hybridized carbons (Fsp3) is 0.500. The van der Waals surface area contributed by atoms with Crippen molar-refractivity contribution in [2.75, 3.05) is 43.4 Å². The molecule has 1 fully saturated rings. The second-order valence-corrected chi connectivity index (χ2v) is 5.46. The van der Waals surface area contributed by atoms with Gasteiger partial charge in [-0.05, 0) is 24.6 Å². The maximum absolute atomic E-state index is 14.4. The van der Waals surface area contributed by atoms with Gasteiger partial charge in [0.05, 0.1) is 5.69 Å². The summed E-state index contributed by atoms with van der Waals surface area (Å²) in [5.74, 6) is -0.540. The first kappa shape index (κ1) is 17.2. The van der Waals surface area contributed by atoms with Crippen LogP contribution in [0, 0.1) is 5.82 Å². The number of amides is 1. The van der Waals surface area contributed by atoms with Crippen LogP contribution in [0.2, 0.25) is 0 Å². The molecule has 0 aliphatic carbocycles. The molecule has 126 valence electrons. The molecule has 0 spiro atoms. The molecule has 1 aromatic carbocycles. The molecule has 2 rings (SSSR count). The molecular weight excluding hydrogens is 299 g/mol. The highest BCUT2D eigenvalue weighted by molar-refractivity contribution is 5.84. The number of piperazine rings is 1. The molecule has 7 heteroatoms. The first-order chi connectivity index (χ1) is 11.2. The largest absolute Gasteiger partial charge is 0.374 e. The van der Waals surface area contributed by atoms with E-state index in [2.05, 4.69) is 16.0 Å². The Morgan fingerprint density at radius 1 is 1.43 bits per heavy atom. The summed E-state index contributed by atoms with van der Waals surface area (Å²) in [4.78, 5) is 24.3. The predicted octanol–water partition coefficient (Wildman–Crippen LogP) is 0.741. The van der Waals surface area contributed by atoms with Crippen LogP contribution in [-0.2, 0) is 9.59 Å². The Kier molecular flexibility index (Phi) is 6.34. The van der Waals surface area contributed by atoms with E-state index in [9.17, 15) is 14.0 Å². The lowest BCUT2D eigenvalue weighted by Gasteiger charge is -2.30. The molecule has 0 radical (unpaired) electrons. The Morgan fingerprint density at radius 3 is 2.78 bits per heavy atom. The fourth-order valence-corrected chi connectivity index (χ4v) is 2.64. The summed E-state index contributed by atoms with van der Waals surface area (Å²) in [6.07, 6.45) is 1.41. The van der Waals surface area contributed by atoms with E-state index in [1.807, 2.05) is 4.90 Å². The SMILES string of the molecule is CNC(=O)C(CCC=O)Nc1ccc(N2CCNCC2)c(F)c1. The van der Waals surface area contributed by atoms with Gasteiger partial charge < -0.3 is 25.6 Å². The predicted molar refractivity (Wildman–Crippen MR) is 88.3 cm³/mol. The number of nitrogens with one attached hydrogen (secondary N) is 3. The van der Waals surface area contributed by atoms with Gasteiger partial charge in [0.25, 0.3) is 0 Å². The number of benzene rings is 1. The first-order valence-electron chi connectivity index (χ1n) is 7.82. The zero-order valence-electron chi connectivity index (χ0n) is 13.3. The Bertz CT molecular complexity index is 547. The van der Waals surface area contributed by atoms with E-state index in [1.54, 1.807) is 12.1 Å². The van der Waals surface area contributed by atoms with Crippen LogP contribution in [0.1, 0.15) is 12.8 Å². The number of nitrogens with zero attached hydrogens (tertiary/aromatic N) is 1. The standard InChI is InChI=1S/C16H23FN4O2/c1-18-16(23)14(3-2-10-22)20-12-4-5-15(13(17)11-12)21-8-6-19-7-9-21/h4-5,10-11,14,19-20H,2-3,6-9H2,1H3,(H,18,23). The Hall–Kier alpha value is -2.15. The summed E-state index contributed by atoms with van der Waals surface area (Å²) in [6.45, 7) is 3.21. The number of hydrogen-bond donors (Lipinski definition) is 3. The number of rotatable bonds is 7. The Balaban J connectivity index is 2.08. The third-order valence-corrected chi connectivity index (χ3v) is 3.88. The number of aldehydes is 1. The summed E-state index contributed by atoms with van der Waals surface area (Å²) in [7, 11) is 1.53. The molecule has 0 saturated carbocycles. The van der Waals surface area contributed by atoms with Crippen LogP contribution in [0.4, 0.5) is 15.8 Å². The van der Waals surface area contributed by atoms with Gasteiger partial charge in [-0.25, -0.2) is 4.39 Å². The van der Waals surface area contributed by atoms with E-state index in [0.29, 0.717) is 17.8 Å². The molecule has 1 amide bonds. The number of carbonyl (C=O) groups is 2. The number of hydrogen-bond acceptors (Lipinski definition) is 5. The lowest BCUT2D eigenvalue weighted by atomic mass is 10.1. The van der Waals surface area contributed by atoms with E-state index in [4.69, 9.17) is 0 Å². The topological polar surface area (TPSA) is 73.5 Å². The van der Waals surface area contributed by atoms with E-state index in [-0.39, 0.29) is 18.1 Å². The molecular formula is C16H23FN4O2. The van der Waals surface area contributed by atoms with Crippen molar-refractivity contribution in [1.82, 2.24) is 10.6 Å². The summed E-state index contributed by atoms with van der Waals surface area (Å²) < 4.78 is 14.4. The number of carbonyl (C=O) groups excluding carboxylic acids is 2. The van der Waals surface area contributed by atoms with Crippen molar-refractivity contribution >= 4 is 23.6 Å². The van der Waals surface area contributed by atoms with E-state index in [0.717, 1.165) is 32.5 Å². The van der Waals surface area contributed by atoms with Gasteiger partial charge in [0.1, 0.15) is 18.1 Å². The van der Waals surface area contributed by atoms with Crippen LogP contribution in [-0.4, -0.2) is 51.5 Å². The van der Waals surface area contributed by atoms with Crippen LogP contribution in [0.15, 0.2) is 18.2 Å². The molecule has 1 saturated heterocycles. The van der Waals surface area contributed by atoms with Crippen molar-refractivity contribution in [3.05, 3.63) is 24.0 Å². The van der Waals surface area contributed by atoms with Crippen LogP contribution in [0.5, 0.6) is 0 Å². The highest BCUT2D eigenvalue weighted by Crippen LogP contribution is 2.24. The van der Waals surface area contributed by atoms with Gasteiger partial charge in [-0.2, -0.15) is 0 Å². The lowest BCUT2D eigenvalue weighted by molar-refractivity contribution is -0.121. The van der Waals surface area contributed by atoms with Crippen LogP contribution in [0.3, 0.4) is 0 Å². The molecule has 1 unspecified atom stereocenters. The van der Waals surface area contributed by atoms with Gasteiger partial charge in [-0.1, -0.05) is 0 Å². The molecule has 3 N–H and O–H groups in total. The van der Waals surface area contributed by atoms with Crippen molar-refractivity contribution in [2.45, 2.75) is 18.9 Å². The quantitative estimate of drug-likeness (QED) is 0.646. The number of anilines is 2. The number of halogens is 1. The minimum atomic E-state index is -0.561. The van der Waals surface area contributed by atoms with Crippen LogP contribution >= 0.6 is 0 Å². The second kappa shape index (κ2) is 8.47. The third-order valence-electron chi connectivity index (χ3n) is 3.88. The maximum atomic E-state index is 14.4. The van der Waals surface area contributed by atoms with Crippen LogP contribution in [0.25, 0.3) is 0 Å². The first-order valence-corrected chi connectivity index (χ1v) is 7.82. The highest BCUT2D eigenvalue weighted by Gasteiger charge is 2.18. The lowest BCUT2D eigenvalue weighted by Crippen LogP contribution is -2.43. The van der Waals surface area contributed by atoms with Crippen molar-refractivity contribution < 1.29 is 14.0 Å². The molecule has 0 bridgehead atoms. The second-order valence-electron chi connectivity index (χ2n) is 5.46. The van der Waals surface area contributed by atoms with E-state index < -0.39 is 6.04 Å². The zero-order chi connectivity index (χ0) is 16.7. The normalized spacial score (nSPS) is 15.8. The van der Waals surface area contributed by atoms with Gasteiger partial charge in [0, 0.05) is 45.3 Å². The minimum Gasteiger partial charge on any atom is -0.374 e. The molecule has 1 aromatic rings. The molecule has 0 aromatic heterocycles. The molecule has 23 heavy (non-hydrogen) atoms. The summed E-state index contributed by atoms with van der Waals surface area (Å²) in [5, 5.41) is 8.77.